The molecule has 0 amide bonds. The first kappa shape index (κ1) is 9.39. The van der Waals surface area contributed by atoms with Gasteiger partial charge in [0.2, 0.25) is 0 Å². The van der Waals surface area contributed by atoms with Crippen LogP contribution in [0.15, 0.2) is 30.5 Å². The number of H-pyrrole nitrogens is 1. The van der Waals surface area contributed by atoms with Crippen LogP contribution in [0, 0.1) is 0 Å². The predicted molar refractivity (Wildman–Crippen MR) is 52.7 cm³/mol. The van der Waals surface area contributed by atoms with E-state index in [1.807, 2.05) is 0 Å². The highest BCUT2D eigenvalue weighted by atomic mass is 16.5. The van der Waals surface area contributed by atoms with Crippen LogP contribution in [0.2, 0.25) is 0 Å². The Hall–Kier alpha value is -2.17. The van der Waals surface area contributed by atoms with Gasteiger partial charge in [-0.1, -0.05) is 0 Å². The summed E-state index contributed by atoms with van der Waals surface area (Å²) in [7, 11) is 0. The van der Waals surface area contributed by atoms with Crippen LogP contribution < -0.4 is 4.74 Å². The third-order valence-electron chi connectivity index (χ3n) is 1.83. The van der Waals surface area contributed by atoms with Crippen molar-refractivity contribution >= 4 is 0 Å². The van der Waals surface area contributed by atoms with Crippen molar-refractivity contribution in [3.8, 4) is 17.2 Å². The normalized spacial score (nSPS) is 10.1. The van der Waals surface area contributed by atoms with E-state index < -0.39 is 0 Å². The maximum atomic E-state index is 9.19. The second-order valence-corrected chi connectivity index (χ2v) is 3.06. The molecule has 0 bridgehead atoms. The zero-order valence-corrected chi connectivity index (χ0v) is 7.84. The molecular weight excluding hydrogens is 196 g/mol. The molecule has 0 aliphatic carbocycles. The van der Waals surface area contributed by atoms with E-state index in [9.17, 15) is 10.2 Å². The van der Waals surface area contributed by atoms with Gasteiger partial charge in [0, 0.05) is 24.4 Å². The van der Waals surface area contributed by atoms with Gasteiger partial charge in [-0.25, -0.2) is 0 Å². The molecule has 0 aliphatic heterocycles. The van der Waals surface area contributed by atoms with Crippen molar-refractivity contribution in [2.75, 3.05) is 0 Å². The lowest BCUT2D eigenvalue weighted by Gasteiger charge is -2.05. The fraction of sp³-hybridized carbons (Fsp3) is 0.100. The van der Waals surface area contributed by atoms with Gasteiger partial charge in [0.15, 0.2) is 0 Å². The summed E-state index contributed by atoms with van der Waals surface area (Å²) in [6, 6.07) is 5.87. The average Bonchev–Trinajstić information content (AvgIpc) is 2.65. The van der Waals surface area contributed by atoms with Gasteiger partial charge in [-0.05, 0) is 6.07 Å². The summed E-state index contributed by atoms with van der Waals surface area (Å²) in [6.07, 6.45) is 1.62. The van der Waals surface area contributed by atoms with Gasteiger partial charge in [-0.2, -0.15) is 5.10 Å². The number of aromatic amines is 1. The zero-order chi connectivity index (χ0) is 10.7. The predicted octanol–water partition coefficient (Wildman–Crippen LogP) is 1.40. The highest BCUT2D eigenvalue weighted by Gasteiger charge is 2.01. The van der Waals surface area contributed by atoms with E-state index in [0.717, 1.165) is 5.69 Å². The molecular formula is C10H10N2O3. The molecule has 0 saturated carbocycles. The van der Waals surface area contributed by atoms with Gasteiger partial charge in [-0.3, -0.25) is 5.10 Å². The Morgan fingerprint density at radius 1 is 1.20 bits per heavy atom. The Balaban J connectivity index is 2.05. The van der Waals surface area contributed by atoms with Crippen molar-refractivity contribution in [2.45, 2.75) is 6.61 Å². The van der Waals surface area contributed by atoms with Crippen molar-refractivity contribution in [1.82, 2.24) is 10.2 Å². The summed E-state index contributed by atoms with van der Waals surface area (Å²) in [5, 5.41) is 24.9. The molecule has 5 nitrogen and oxygen atoms in total. The Kier molecular flexibility index (Phi) is 2.45. The second kappa shape index (κ2) is 3.91. The lowest BCUT2D eigenvalue weighted by atomic mass is 10.3. The molecule has 1 aromatic carbocycles. The van der Waals surface area contributed by atoms with E-state index >= 15 is 0 Å². The maximum Gasteiger partial charge on any atom is 0.130 e. The number of phenolic OH excluding ortho intramolecular Hbond substituents is 2. The lowest BCUT2D eigenvalue weighted by Crippen LogP contribution is -1.95. The molecule has 1 heterocycles. The van der Waals surface area contributed by atoms with E-state index in [4.69, 9.17) is 4.74 Å². The van der Waals surface area contributed by atoms with Gasteiger partial charge >= 0.3 is 0 Å². The maximum absolute atomic E-state index is 9.19. The summed E-state index contributed by atoms with van der Waals surface area (Å²) >= 11 is 0. The third-order valence-corrected chi connectivity index (χ3v) is 1.83. The van der Waals surface area contributed by atoms with Gasteiger partial charge in [0.25, 0.3) is 0 Å². The first-order chi connectivity index (χ1) is 7.24. The molecule has 0 atom stereocenters. The minimum absolute atomic E-state index is 0.0328. The highest BCUT2D eigenvalue weighted by Crippen LogP contribution is 2.26. The van der Waals surface area contributed by atoms with Crippen LogP contribution in [0.4, 0.5) is 0 Å². The van der Waals surface area contributed by atoms with Crippen molar-refractivity contribution in [1.29, 1.82) is 0 Å². The topological polar surface area (TPSA) is 78.4 Å². The van der Waals surface area contributed by atoms with Crippen molar-refractivity contribution in [3.63, 3.8) is 0 Å². The first-order valence-corrected chi connectivity index (χ1v) is 4.38. The minimum Gasteiger partial charge on any atom is -0.508 e. The fourth-order valence-corrected chi connectivity index (χ4v) is 1.18. The number of benzene rings is 1. The Labute approximate surface area is 86.0 Å². The van der Waals surface area contributed by atoms with Crippen LogP contribution >= 0.6 is 0 Å². The second-order valence-electron chi connectivity index (χ2n) is 3.06. The molecule has 0 spiro atoms. The highest BCUT2D eigenvalue weighted by molar-refractivity contribution is 5.40. The molecule has 0 unspecified atom stereocenters. The van der Waals surface area contributed by atoms with Gasteiger partial charge in [0.1, 0.15) is 23.9 Å². The summed E-state index contributed by atoms with van der Waals surface area (Å²) in [5.41, 5.74) is 0.817. The van der Waals surface area contributed by atoms with Gasteiger partial charge in [0.05, 0.1) is 5.69 Å². The molecule has 78 valence electrons. The molecule has 5 heteroatoms. The van der Waals surface area contributed by atoms with Crippen LogP contribution in [0.3, 0.4) is 0 Å². The fourth-order valence-electron chi connectivity index (χ4n) is 1.18. The van der Waals surface area contributed by atoms with Crippen LogP contribution in [0.1, 0.15) is 5.69 Å². The average molecular weight is 206 g/mol. The van der Waals surface area contributed by atoms with E-state index in [-0.39, 0.29) is 11.5 Å². The van der Waals surface area contributed by atoms with E-state index in [0.29, 0.717) is 12.4 Å². The standard InChI is InChI=1S/C10H10N2O3/c13-8-3-9(14)5-10(4-8)15-6-7-1-2-11-12-7/h1-5,13-14H,6H2,(H,11,12). The number of aromatic hydroxyl groups is 2. The zero-order valence-electron chi connectivity index (χ0n) is 7.84. The number of aromatic nitrogens is 2. The monoisotopic (exact) mass is 206 g/mol. The smallest absolute Gasteiger partial charge is 0.130 e. The van der Waals surface area contributed by atoms with Crippen LogP contribution in [-0.4, -0.2) is 20.4 Å². The number of phenols is 2. The Morgan fingerprint density at radius 3 is 2.53 bits per heavy atom. The molecule has 0 aliphatic rings. The Bertz CT molecular complexity index is 420. The quantitative estimate of drug-likeness (QED) is 0.709. The number of nitrogens with one attached hydrogen (secondary N) is 1. The molecule has 3 N–H and O–H groups in total. The number of ether oxygens (including phenoxy) is 1. The van der Waals surface area contributed by atoms with Crippen molar-refractivity contribution < 1.29 is 14.9 Å². The van der Waals surface area contributed by atoms with Crippen molar-refractivity contribution in [3.05, 3.63) is 36.2 Å². The van der Waals surface area contributed by atoms with E-state index in [1.165, 1.54) is 18.2 Å². The molecule has 2 aromatic rings. The SMILES string of the molecule is Oc1cc(O)cc(OCc2ccn[nH]2)c1. The summed E-state index contributed by atoms with van der Waals surface area (Å²) in [4.78, 5) is 0. The summed E-state index contributed by atoms with van der Waals surface area (Å²) in [6.45, 7) is 0.308. The molecule has 1 aromatic heterocycles. The van der Waals surface area contributed by atoms with Gasteiger partial charge < -0.3 is 14.9 Å². The molecule has 15 heavy (non-hydrogen) atoms. The van der Waals surface area contributed by atoms with Crippen LogP contribution in [-0.2, 0) is 6.61 Å². The number of hydrogen-bond acceptors (Lipinski definition) is 4. The van der Waals surface area contributed by atoms with E-state index in [2.05, 4.69) is 10.2 Å². The largest absolute Gasteiger partial charge is 0.508 e. The van der Waals surface area contributed by atoms with Crippen molar-refractivity contribution in [2.24, 2.45) is 0 Å². The summed E-state index contributed by atoms with van der Waals surface area (Å²) < 4.78 is 5.32. The van der Waals surface area contributed by atoms with E-state index in [1.54, 1.807) is 12.3 Å². The molecule has 2 rings (SSSR count). The van der Waals surface area contributed by atoms with Gasteiger partial charge in [-0.15, -0.1) is 0 Å². The molecule has 0 radical (unpaired) electrons. The molecule has 0 fully saturated rings. The minimum atomic E-state index is -0.0328. The number of rotatable bonds is 3. The van der Waals surface area contributed by atoms with Crippen LogP contribution in [0.25, 0.3) is 0 Å². The third kappa shape index (κ3) is 2.40. The number of hydrogen-bond donors (Lipinski definition) is 3. The summed E-state index contributed by atoms with van der Waals surface area (Å²) in [5.74, 6) is 0.339. The first-order valence-electron chi connectivity index (χ1n) is 4.38. The Morgan fingerprint density at radius 2 is 1.93 bits per heavy atom. The lowest BCUT2D eigenvalue weighted by molar-refractivity contribution is 0.297. The molecule has 0 saturated heterocycles. The number of nitrogens with zero attached hydrogens (tertiary/aromatic N) is 1. The van der Waals surface area contributed by atoms with Crippen LogP contribution in [0.5, 0.6) is 17.2 Å².